The van der Waals surface area contributed by atoms with Crippen LogP contribution in [0.4, 0.5) is 5.69 Å². The fourth-order valence-corrected chi connectivity index (χ4v) is 5.01. The molecule has 1 N–H and O–H groups in total. The van der Waals surface area contributed by atoms with E-state index >= 15 is 0 Å². The molecule has 0 aromatic heterocycles. The molecule has 1 saturated carbocycles. The quantitative estimate of drug-likeness (QED) is 0.782. The lowest BCUT2D eigenvalue weighted by molar-refractivity contribution is 0.0994. The van der Waals surface area contributed by atoms with Crippen molar-refractivity contribution in [1.82, 2.24) is 4.72 Å². The summed E-state index contributed by atoms with van der Waals surface area (Å²) in [4.78, 5) is 15.7. The minimum Gasteiger partial charge on any atom is -0.308 e. The van der Waals surface area contributed by atoms with Gasteiger partial charge < -0.3 is 4.90 Å². The molecule has 2 aromatic rings. The van der Waals surface area contributed by atoms with Crippen LogP contribution in [0.15, 0.2) is 35.2 Å². The first-order valence-electron chi connectivity index (χ1n) is 8.94. The number of amides is 1. The van der Waals surface area contributed by atoms with E-state index in [1.54, 1.807) is 11.9 Å². The van der Waals surface area contributed by atoms with Crippen molar-refractivity contribution in [3.05, 3.63) is 35.9 Å². The average Bonchev–Trinajstić information content (AvgIpc) is 2.88. The van der Waals surface area contributed by atoms with Crippen LogP contribution < -0.4 is 9.62 Å². The van der Waals surface area contributed by atoms with Gasteiger partial charge in [-0.1, -0.05) is 31.4 Å². The zero-order valence-electron chi connectivity index (χ0n) is 14.4. The lowest BCUT2D eigenvalue weighted by Crippen LogP contribution is -2.39. The van der Waals surface area contributed by atoms with Crippen LogP contribution in [0.25, 0.3) is 10.8 Å². The summed E-state index contributed by atoms with van der Waals surface area (Å²) in [5, 5.41) is 2.30. The van der Waals surface area contributed by atoms with Crippen molar-refractivity contribution in [2.75, 3.05) is 11.4 Å². The van der Waals surface area contributed by atoms with Crippen LogP contribution in [0.1, 0.15) is 56.3 Å². The van der Waals surface area contributed by atoms with E-state index in [0.717, 1.165) is 16.6 Å². The molecule has 1 amide bonds. The van der Waals surface area contributed by atoms with E-state index in [0.29, 0.717) is 6.54 Å². The Morgan fingerprint density at radius 3 is 2.71 bits per heavy atom. The maximum atomic E-state index is 12.6. The smallest absolute Gasteiger partial charge is 0.258 e. The van der Waals surface area contributed by atoms with Crippen LogP contribution in [-0.4, -0.2) is 18.0 Å². The van der Waals surface area contributed by atoms with Crippen LogP contribution in [0.2, 0.25) is 0 Å². The highest BCUT2D eigenvalue weighted by molar-refractivity contribution is 7.97. The van der Waals surface area contributed by atoms with Crippen LogP contribution in [0.5, 0.6) is 0 Å². The Morgan fingerprint density at radius 1 is 1.17 bits per heavy atom. The van der Waals surface area contributed by atoms with E-state index in [2.05, 4.69) is 29.8 Å². The zero-order chi connectivity index (χ0) is 16.7. The molecule has 1 heterocycles. The zero-order valence-corrected chi connectivity index (χ0v) is 15.2. The largest absolute Gasteiger partial charge is 0.308 e. The first-order chi connectivity index (χ1) is 11.6. The van der Waals surface area contributed by atoms with Crippen molar-refractivity contribution in [3.63, 3.8) is 0 Å². The Hall–Kier alpha value is -1.52. The number of nitrogens with zero attached hydrogens (tertiary/aromatic N) is 1. The topological polar surface area (TPSA) is 32.3 Å². The number of anilines is 1. The van der Waals surface area contributed by atoms with Crippen molar-refractivity contribution in [3.8, 4) is 0 Å². The SMILES string of the molecule is CCN1C(=O)c2cccc3c(SNC4(C)CCCCC4)ccc1c23. The second-order valence-electron chi connectivity index (χ2n) is 7.19. The molecule has 0 unspecified atom stereocenters. The number of benzene rings is 2. The van der Waals surface area contributed by atoms with Crippen molar-refractivity contribution >= 4 is 34.3 Å². The normalized spacial score (nSPS) is 19.2. The molecule has 4 rings (SSSR count). The van der Waals surface area contributed by atoms with Gasteiger partial charge in [-0.05, 0) is 62.2 Å². The number of carbonyl (C=O) groups excluding carboxylic acids is 1. The Morgan fingerprint density at radius 2 is 1.96 bits per heavy atom. The first kappa shape index (κ1) is 16.0. The molecule has 0 bridgehead atoms. The van der Waals surface area contributed by atoms with E-state index in [1.165, 1.54) is 42.4 Å². The molecule has 0 radical (unpaired) electrons. The highest BCUT2D eigenvalue weighted by Crippen LogP contribution is 2.41. The predicted molar refractivity (Wildman–Crippen MR) is 102 cm³/mol. The van der Waals surface area contributed by atoms with Crippen LogP contribution in [0.3, 0.4) is 0 Å². The number of carbonyl (C=O) groups is 1. The van der Waals surface area contributed by atoms with Gasteiger partial charge in [-0.3, -0.25) is 9.52 Å². The van der Waals surface area contributed by atoms with Crippen LogP contribution >= 0.6 is 11.9 Å². The molecule has 126 valence electrons. The summed E-state index contributed by atoms with van der Waals surface area (Å²) in [6, 6.07) is 10.4. The molecule has 3 nitrogen and oxygen atoms in total. The molecule has 1 fully saturated rings. The maximum Gasteiger partial charge on any atom is 0.258 e. The number of hydrogen-bond acceptors (Lipinski definition) is 3. The summed E-state index contributed by atoms with van der Waals surface area (Å²) in [6.45, 7) is 5.08. The van der Waals surface area contributed by atoms with E-state index < -0.39 is 0 Å². The van der Waals surface area contributed by atoms with Crippen molar-refractivity contribution in [1.29, 1.82) is 0 Å². The van der Waals surface area contributed by atoms with Gasteiger partial charge >= 0.3 is 0 Å². The fraction of sp³-hybridized carbons (Fsp3) is 0.450. The van der Waals surface area contributed by atoms with Gasteiger partial charge in [-0.2, -0.15) is 0 Å². The van der Waals surface area contributed by atoms with Crippen molar-refractivity contribution in [2.45, 2.75) is 56.4 Å². The molecule has 4 heteroatoms. The van der Waals surface area contributed by atoms with Gasteiger partial charge in [0.1, 0.15) is 0 Å². The lowest BCUT2D eigenvalue weighted by atomic mass is 9.84. The lowest BCUT2D eigenvalue weighted by Gasteiger charge is -2.34. The van der Waals surface area contributed by atoms with Gasteiger partial charge in [0.15, 0.2) is 0 Å². The second-order valence-corrected chi connectivity index (χ2v) is 8.03. The Balaban J connectivity index is 1.69. The first-order valence-corrected chi connectivity index (χ1v) is 9.76. The molecule has 1 aliphatic carbocycles. The molecular weight excluding hydrogens is 316 g/mol. The Kier molecular flexibility index (Phi) is 4.05. The molecule has 2 aliphatic rings. The summed E-state index contributed by atoms with van der Waals surface area (Å²) in [5.41, 5.74) is 2.12. The second kappa shape index (κ2) is 6.08. The molecule has 0 atom stereocenters. The number of nitrogens with one attached hydrogen (secondary N) is 1. The molecule has 0 saturated heterocycles. The molecule has 0 spiro atoms. The van der Waals surface area contributed by atoms with Crippen molar-refractivity contribution < 1.29 is 4.79 Å². The van der Waals surface area contributed by atoms with Gasteiger partial charge in [0, 0.05) is 27.9 Å². The van der Waals surface area contributed by atoms with Gasteiger partial charge in [0.25, 0.3) is 5.91 Å². The van der Waals surface area contributed by atoms with Gasteiger partial charge in [0.2, 0.25) is 0 Å². The molecular formula is C20H24N2OS. The van der Waals surface area contributed by atoms with E-state index in [4.69, 9.17) is 0 Å². The summed E-state index contributed by atoms with van der Waals surface area (Å²) < 4.78 is 3.72. The third-order valence-electron chi connectivity index (χ3n) is 5.43. The molecule has 2 aromatic carbocycles. The number of rotatable bonds is 4. The van der Waals surface area contributed by atoms with Crippen LogP contribution in [-0.2, 0) is 0 Å². The maximum absolute atomic E-state index is 12.6. The van der Waals surface area contributed by atoms with Crippen molar-refractivity contribution in [2.24, 2.45) is 0 Å². The molecule has 24 heavy (non-hydrogen) atoms. The van der Waals surface area contributed by atoms with E-state index in [1.807, 2.05) is 24.0 Å². The van der Waals surface area contributed by atoms with Gasteiger partial charge in [-0.15, -0.1) is 0 Å². The molecule has 1 aliphatic heterocycles. The predicted octanol–water partition coefficient (Wildman–Crippen LogP) is 5.14. The van der Waals surface area contributed by atoms with E-state index in [-0.39, 0.29) is 11.4 Å². The minimum atomic E-state index is 0.132. The van der Waals surface area contributed by atoms with Gasteiger partial charge in [0.05, 0.1) is 5.69 Å². The Labute approximate surface area is 147 Å². The highest BCUT2D eigenvalue weighted by Gasteiger charge is 2.30. The third-order valence-corrected chi connectivity index (χ3v) is 6.60. The van der Waals surface area contributed by atoms with Crippen LogP contribution in [0, 0.1) is 0 Å². The number of hydrogen-bond donors (Lipinski definition) is 1. The third kappa shape index (κ3) is 2.52. The van der Waals surface area contributed by atoms with E-state index in [9.17, 15) is 4.79 Å². The standard InChI is InChI=1S/C20H24N2OS/c1-3-22-16-10-11-17(24-21-20(2)12-5-4-6-13-20)14-8-7-9-15(18(14)16)19(22)23/h7-11,21H,3-6,12-13H2,1-2H3. The van der Waals surface area contributed by atoms with Gasteiger partial charge in [-0.25, -0.2) is 0 Å². The fourth-order valence-electron chi connectivity index (χ4n) is 4.03. The summed E-state index contributed by atoms with van der Waals surface area (Å²) in [6.07, 6.45) is 6.46. The Bertz CT molecular complexity index is 796. The monoisotopic (exact) mass is 340 g/mol. The summed E-state index contributed by atoms with van der Waals surface area (Å²) in [5.74, 6) is 0.132. The minimum absolute atomic E-state index is 0.132. The summed E-state index contributed by atoms with van der Waals surface area (Å²) in [7, 11) is 0. The average molecular weight is 340 g/mol. The summed E-state index contributed by atoms with van der Waals surface area (Å²) >= 11 is 1.73. The highest BCUT2D eigenvalue weighted by atomic mass is 32.2.